The van der Waals surface area contributed by atoms with Crippen molar-refractivity contribution in [2.24, 2.45) is 5.92 Å². The molecule has 1 aliphatic rings. The number of hydrogen-bond acceptors (Lipinski definition) is 4. The zero-order chi connectivity index (χ0) is 15.9. The first-order chi connectivity index (χ1) is 10.6. The minimum Gasteiger partial charge on any atom is -0.390 e. The van der Waals surface area contributed by atoms with Crippen LogP contribution in [0.1, 0.15) is 18.1 Å². The number of aliphatic hydroxyl groups is 1. The second kappa shape index (κ2) is 8.27. The molecule has 1 heterocycles. The monoisotopic (exact) mass is 306 g/mol. The third kappa shape index (κ3) is 4.80. The molecule has 1 aliphatic heterocycles. The summed E-state index contributed by atoms with van der Waals surface area (Å²) >= 11 is 0. The van der Waals surface area contributed by atoms with E-state index in [0.29, 0.717) is 13.2 Å². The number of β-amino-alcohol motifs (C(OH)–C–C–N with tert-alkyl or cyclic N) is 1. The molecule has 2 rings (SSSR count). The first kappa shape index (κ1) is 16.9. The summed E-state index contributed by atoms with van der Waals surface area (Å²) in [7, 11) is 1.58. The van der Waals surface area contributed by atoms with Gasteiger partial charge in [-0.05, 0) is 17.5 Å². The molecular formula is C17H26N2O3. The summed E-state index contributed by atoms with van der Waals surface area (Å²) in [5.41, 5.74) is 2.73. The van der Waals surface area contributed by atoms with Crippen molar-refractivity contribution in [1.29, 1.82) is 0 Å². The Labute approximate surface area is 132 Å². The molecule has 1 aromatic rings. The zero-order valence-electron chi connectivity index (χ0n) is 13.4. The maximum Gasteiger partial charge on any atom is 0.225 e. The van der Waals surface area contributed by atoms with E-state index in [1.165, 1.54) is 11.1 Å². The van der Waals surface area contributed by atoms with Crippen molar-refractivity contribution in [3.05, 3.63) is 35.4 Å². The third-order valence-corrected chi connectivity index (χ3v) is 4.05. The van der Waals surface area contributed by atoms with Crippen LogP contribution in [0.3, 0.4) is 0 Å². The van der Waals surface area contributed by atoms with Crippen molar-refractivity contribution in [2.75, 3.05) is 33.4 Å². The van der Waals surface area contributed by atoms with Crippen molar-refractivity contribution in [2.45, 2.75) is 26.0 Å². The molecule has 0 saturated heterocycles. The van der Waals surface area contributed by atoms with Crippen LogP contribution in [0, 0.1) is 5.92 Å². The molecule has 2 unspecified atom stereocenters. The Balaban J connectivity index is 1.74. The number of carbonyl (C=O) groups excluding carboxylic acids is 1. The van der Waals surface area contributed by atoms with Crippen LogP contribution in [0.2, 0.25) is 0 Å². The highest BCUT2D eigenvalue weighted by atomic mass is 16.5. The van der Waals surface area contributed by atoms with Crippen LogP contribution in [-0.2, 0) is 22.5 Å². The van der Waals surface area contributed by atoms with Crippen LogP contribution in [0.5, 0.6) is 0 Å². The molecule has 0 aliphatic carbocycles. The van der Waals surface area contributed by atoms with Crippen molar-refractivity contribution in [3.8, 4) is 0 Å². The van der Waals surface area contributed by atoms with Gasteiger partial charge < -0.3 is 15.2 Å². The van der Waals surface area contributed by atoms with Gasteiger partial charge in [-0.3, -0.25) is 9.69 Å². The summed E-state index contributed by atoms with van der Waals surface area (Å²) < 4.78 is 4.95. The van der Waals surface area contributed by atoms with Crippen LogP contribution in [0.4, 0.5) is 0 Å². The summed E-state index contributed by atoms with van der Waals surface area (Å²) in [6.07, 6.45) is 0.462. The summed E-state index contributed by atoms with van der Waals surface area (Å²) in [6, 6.07) is 8.43. The van der Waals surface area contributed by atoms with Crippen LogP contribution in [0.15, 0.2) is 24.3 Å². The van der Waals surface area contributed by atoms with E-state index in [1.807, 2.05) is 6.92 Å². The number of methoxy groups -OCH3 is 1. The lowest BCUT2D eigenvalue weighted by Gasteiger charge is -2.30. The minimum atomic E-state index is -0.552. The highest BCUT2D eigenvalue weighted by Gasteiger charge is 2.19. The highest BCUT2D eigenvalue weighted by molar-refractivity contribution is 5.78. The Morgan fingerprint density at radius 1 is 1.41 bits per heavy atom. The number of nitrogens with zero attached hydrogens (tertiary/aromatic N) is 1. The van der Waals surface area contributed by atoms with Gasteiger partial charge in [-0.1, -0.05) is 31.2 Å². The molecule has 1 aromatic carbocycles. The Morgan fingerprint density at radius 3 is 2.86 bits per heavy atom. The highest BCUT2D eigenvalue weighted by Crippen LogP contribution is 2.18. The van der Waals surface area contributed by atoms with Crippen molar-refractivity contribution < 1.29 is 14.6 Å². The van der Waals surface area contributed by atoms with Gasteiger partial charge in [0.25, 0.3) is 0 Å². The molecule has 2 atom stereocenters. The van der Waals surface area contributed by atoms with Crippen LogP contribution in [0.25, 0.3) is 0 Å². The SMILES string of the molecule is COCC(C)C(=O)NCC(O)CN1CCc2ccccc2C1. The quantitative estimate of drug-likeness (QED) is 0.782. The van der Waals surface area contributed by atoms with Crippen LogP contribution >= 0.6 is 0 Å². The molecule has 0 radical (unpaired) electrons. The predicted molar refractivity (Wildman–Crippen MR) is 85.5 cm³/mol. The minimum absolute atomic E-state index is 0.0788. The predicted octanol–water partition coefficient (Wildman–Crippen LogP) is 0.804. The zero-order valence-corrected chi connectivity index (χ0v) is 13.4. The molecule has 5 nitrogen and oxygen atoms in total. The molecular weight excluding hydrogens is 280 g/mol. The Hall–Kier alpha value is -1.43. The van der Waals surface area contributed by atoms with Gasteiger partial charge in [0.2, 0.25) is 5.91 Å². The number of carbonyl (C=O) groups is 1. The molecule has 5 heteroatoms. The molecule has 2 N–H and O–H groups in total. The number of nitrogens with one attached hydrogen (secondary N) is 1. The lowest BCUT2D eigenvalue weighted by atomic mass is 10.00. The molecule has 0 fully saturated rings. The average Bonchev–Trinajstić information content (AvgIpc) is 2.52. The van der Waals surface area contributed by atoms with Gasteiger partial charge in [0.15, 0.2) is 0 Å². The summed E-state index contributed by atoms with van der Waals surface area (Å²) in [6.45, 7) is 4.87. The van der Waals surface area contributed by atoms with Gasteiger partial charge in [0.1, 0.15) is 0 Å². The molecule has 22 heavy (non-hydrogen) atoms. The molecule has 0 spiro atoms. The Kier molecular flexibility index (Phi) is 6.36. The smallest absolute Gasteiger partial charge is 0.225 e. The van der Waals surface area contributed by atoms with E-state index in [9.17, 15) is 9.90 Å². The van der Waals surface area contributed by atoms with E-state index in [-0.39, 0.29) is 18.4 Å². The first-order valence-electron chi connectivity index (χ1n) is 7.84. The van der Waals surface area contributed by atoms with E-state index >= 15 is 0 Å². The van der Waals surface area contributed by atoms with E-state index in [2.05, 4.69) is 34.5 Å². The number of fused-ring (bicyclic) bond motifs is 1. The van der Waals surface area contributed by atoms with Crippen molar-refractivity contribution in [3.63, 3.8) is 0 Å². The average molecular weight is 306 g/mol. The van der Waals surface area contributed by atoms with Gasteiger partial charge in [0.05, 0.1) is 18.6 Å². The van der Waals surface area contributed by atoms with E-state index in [1.54, 1.807) is 7.11 Å². The van der Waals surface area contributed by atoms with Gasteiger partial charge >= 0.3 is 0 Å². The van der Waals surface area contributed by atoms with Crippen LogP contribution < -0.4 is 5.32 Å². The fourth-order valence-electron chi connectivity index (χ4n) is 2.79. The van der Waals surface area contributed by atoms with Crippen molar-refractivity contribution >= 4 is 5.91 Å². The van der Waals surface area contributed by atoms with Gasteiger partial charge in [-0.25, -0.2) is 0 Å². The normalized spacial score (nSPS) is 17.6. The van der Waals surface area contributed by atoms with Gasteiger partial charge in [0, 0.05) is 33.3 Å². The number of aliphatic hydroxyl groups excluding tert-OH is 1. The summed E-state index contributed by atoms with van der Waals surface area (Å²) in [4.78, 5) is 14.0. The second-order valence-electron chi connectivity index (χ2n) is 6.01. The van der Waals surface area contributed by atoms with Gasteiger partial charge in [-0.2, -0.15) is 0 Å². The van der Waals surface area contributed by atoms with Gasteiger partial charge in [-0.15, -0.1) is 0 Å². The Morgan fingerprint density at radius 2 is 2.14 bits per heavy atom. The summed E-state index contributed by atoms with van der Waals surface area (Å²) in [5.74, 6) is -0.274. The maximum atomic E-state index is 11.8. The Bertz CT molecular complexity index is 493. The molecule has 122 valence electrons. The molecule has 0 bridgehead atoms. The van der Waals surface area contributed by atoms with E-state index < -0.39 is 6.10 Å². The number of benzene rings is 1. The second-order valence-corrected chi connectivity index (χ2v) is 6.01. The lowest BCUT2D eigenvalue weighted by molar-refractivity contribution is -0.126. The fraction of sp³-hybridized carbons (Fsp3) is 0.588. The maximum absolute atomic E-state index is 11.8. The number of amides is 1. The van der Waals surface area contributed by atoms with E-state index in [0.717, 1.165) is 19.5 Å². The molecule has 0 aromatic heterocycles. The third-order valence-electron chi connectivity index (χ3n) is 4.05. The molecule has 1 amide bonds. The van der Waals surface area contributed by atoms with Crippen molar-refractivity contribution in [1.82, 2.24) is 10.2 Å². The lowest BCUT2D eigenvalue weighted by Crippen LogP contribution is -2.43. The number of ether oxygens (including phenoxy) is 1. The van der Waals surface area contributed by atoms with Crippen LogP contribution in [-0.4, -0.2) is 55.4 Å². The first-order valence-corrected chi connectivity index (χ1v) is 7.84. The number of rotatable bonds is 7. The summed E-state index contributed by atoms with van der Waals surface area (Å²) in [5, 5.41) is 12.9. The standard InChI is InChI=1S/C17H26N2O3/c1-13(12-22-2)17(21)18-9-16(20)11-19-8-7-14-5-3-4-6-15(14)10-19/h3-6,13,16,20H,7-12H2,1-2H3,(H,18,21). The molecule has 0 saturated carbocycles. The fourth-order valence-corrected chi connectivity index (χ4v) is 2.79. The topological polar surface area (TPSA) is 61.8 Å². The number of hydrogen-bond donors (Lipinski definition) is 2. The van der Waals surface area contributed by atoms with E-state index in [4.69, 9.17) is 4.74 Å². The largest absolute Gasteiger partial charge is 0.390 e.